The summed E-state index contributed by atoms with van der Waals surface area (Å²) >= 11 is 0. The number of piperidine rings is 1. The van der Waals surface area contributed by atoms with Crippen LogP contribution in [0.25, 0.3) is 0 Å². The average molecular weight is 303 g/mol. The van der Waals surface area contributed by atoms with Crippen LogP contribution in [-0.2, 0) is 17.9 Å². The van der Waals surface area contributed by atoms with Crippen LogP contribution in [0.3, 0.4) is 0 Å². The molecule has 0 atom stereocenters. The Morgan fingerprint density at radius 3 is 2.77 bits per heavy atom. The van der Waals surface area contributed by atoms with E-state index in [0.29, 0.717) is 18.9 Å². The van der Waals surface area contributed by atoms with Gasteiger partial charge in [0.15, 0.2) is 0 Å². The number of carbonyl (C=O) groups is 1. The lowest BCUT2D eigenvalue weighted by molar-refractivity contribution is -0.132. The minimum atomic E-state index is 0.245. The zero-order valence-corrected chi connectivity index (χ0v) is 12.6. The Bertz CT molecular complexity index is 558. The minimum absolute atomic E-state index is 0.245. The number of carbonyl (C=O) groups excluding carboxylic acids is 1. The molecule has 0 radical (unpaired) electrons. The predicted octanol–water partition coefficient (Wildman–Crippen LogP) is 0.589. The van der Waals surface area contributed by atoms with E-state index in [-0.39, 0.29) is 5.91 Å². The van der Waals surface area contributed by atoms with Crippen molar-refractivity contribution in [3.63, 3.8) is 0 Å². The summed E-state index contributed by atoms with van der Waals surface area (Å²) < 4.78 is 3.78. The summed E-state index contributed by atoms with van der Waals surface area (Å²) in [5.41, 5.74) is 0. The quantitative estimate of drug-likeness (QED) is 0.780. The fraction of sp³-hybridized carbons (Fsp3) is 0.643. The lowest BCUT2D eigenvalue weighted by Crippen LogP contribution is -2.39. The highest BCUT2D eigenvalue weighted by molar-refractivity contribution is 5.76. The Labute approximate surface area is 129 Å². The van der Waals surface area contributed by atoms with Crippen molar-refractivity contribution in [2.24, 2.45) is 5.92 Å². The van der Waals surface area contributed by atoms with Crippen LogP contribution >= 0.6 is 0 Å². The Balaban J connectivity index is 1.36. The van der Waals surface area contributed by atoms with Gasteiger partial charge in [0.1, 0.15) is 6.33 Å². The minimum Gasteiger partial charge on any atom is -0.343 e. The third-order valence-corrected chi connectivity index (χ3v) is 4.16. The smallest absolute Gasteiger partial charge is 0.222 e. The average Bonchev–Trinajstić information content (AvgIpc) is 3.21. The molecule has 0 N–H and O–H groups in total. The molecule has 0 saturated carbocycles. The third-order valence-electron chi connectivity index (χ3n) is 4.16. The first kappa shape index (κ1) is 14.7. The van der Waals surface area contributed by atoms with E-state index < -0.39 is 0 Å². The number of nitrogens with zero attached hydrogens (tertiary/aromatic N) is 7. The van der Waals surface area contributed by atoms with Gasteiger partial charge < -0.3 is 9.47 Å². The summed E-state index contributed by atoms with van der Waals surface area (Å²) in [4.78, 5) is 18.3. The second-order valence-electron chi connectivity index (χ2n) is 5.76. The van der Waals surface area contributed by atoms with Gasteiger partial charge in [-0.2, -0.15) is 0 Å². The number of hydrogen-bond donors (Lipinski definition) is 0. The molecule has 0 spiro atoms. The van der Waals surface area contributed by atoms with Gasteiger partial charge in [0.2, 0.25) is 5.91 Å². The van der Waals surface area contributed by atoms with Gasteiger partial charge >= 0.3 is 0 Å². The number of aryl methyl sites for hydroxylation is 1. The molecule has 2 aromatic rings. The summed E-state index contributed by atoms with van der Waals surface area (Å²) in [6.07, 6.45) is 10.7. The van der Waals surface area contributed by atoms with E-state index in [4.69, 9.17) is 0 Å². The Morgan fingerprint density at radius 1 is 1.23 bits per heavy atom. The van der Waals surface area contributed by atoms with Crippen LogP contribution in [-0.4, -0.2) is 53.7 Å². The summed E-state index contributed by atoms with van der Waals surface area (Å²) in [7, 11) is 0. The number of hydrogen-bond acceptors (Lipinski definition) is 5. The molecule has 3 rings (SSSR count). The third kappa shape index (κ3) is 3.90. The molecule has 3 heterocycles. The predicted molar refractivity (Wildman–Crippen MR) is 78.6 cm³/mol. The first-order chi connectivity index (χ1) is 10.8. The second-order valence-corrected chi connectivity index (χ2v) is 5.76. The molecule has 8 heteroatoms. The molecule has 1 fully saturated rings. The van der Waals surface area contributed by atoms with E-state index in [9.17, 15) is 4.79 Å². The molecule has 2 aromatic heterocycles. The molecule has 8 nitrogen and oxygen atoms in total. The number of amides is 1. The van der Waals surface area contributed by atoms with Gasteiger partial charge in [-0.25, -0.2) is 9.67 Å². The van der Waals surface area contributed by atoms with Crippen molar-refractivity contribution in [2.45, 2.75) is 38.8 Å². The molecular formula is C14H21N7O. The van der Waals surface area contributed by atoms with E-state index in [0.717, 1.165) is 38.9 Å². The number of tetrazole rings is 1. The normalized spacial score (nSPS) is 16.1. The van der Waals surface area contributed by atoms with Crippen LogP contribution < -0.4 is 0 Å². The van der Waals surface area contributed by atoms with E-state index in [1.807, 2.05) is 23.6 Å². The highest BCUT2D eigenvalue weighted by Crippen LogP contribution is 2.19. The largest absolute Gasteiger partial charge is 0.343 e. The van der Waals surface area contributed by atoms with E-state index >= 15 is 0 Å². The molecule has 1 aliphatic rings. The maximum absolute atomic E-state index is 12.2. The van der Waals surface area contributed by atoms with Crippen molar-refractivity contribution in [1.82, 2.24) is 34.7 Å². The summed E-state index contributed by atoms with van der Waals surface area (Å²) in [6, 6.07) is 0. The van der Waals surface area contributed by atoms with Crippen molar-refractivity contribution in [3.05, 3.63) is 25.0 Å². The summed E-state index contributed by atoms with van der Waals surface area (Å²) in [5, 5.41) is 11.0. The zero-order valence-electron chi connectivity index (χ0n) is 12.6. The molecule has 22 heavy (non-hydrogen) atoms. The van der Waals surface area contributed by atoms with Gasteiger partial charge in [-0.15, -0.1) is 5.10 Å². The molecule has 0 unspecified atom stereocenters. The van der Waals surface area contributed by atoms with Crippen molar-refractivity contribution in [2.75, 3.05) is 13.1 Å². The van der Waals surface area contributed by atoms with Crippen LogP contribution in [0.15, 0.2) is 25.0 Å². The van der Waals surface area contributed by atoms with E-state index in [2.05, 4.69) is 25.1 Å². The van der Waals surface area contributed by atoms with Crippen LogP contribution in [0.2, 0.25) is 0 Å². The van der Waals surface area contributed by atoms with Crippen molar-refractivity contribution in [3.8, 4) is 0 Å². The fourth-order valence-corrected chi connectivity index (χ4v) is 2.89. The monoisotopic (exact) mass is 303 g/mol. The highest BCUT2D eigenvalue weighted by atomic mass is 16.2. The number of imidazole rings is 1. The van der Waals surface area contributed by atoms with Crippen molar-refractivity contribution >= 4 is 5.91 Å². The van der Waals surface area contributed by atoms with Crippen LogP contribution in [0.4, 0.5) is 0 Å². The van der Waals surface area contributed by atoms with Crippen LogP contribution in [0, 0.1) is 5.92 Å². The van der Waals surface area contributed by atoms with Gasteiger partial charge in [0.25, 0.3) is 0 Å². The summed E-state index contributed by atoms with van der Waals surface area (Å²) in [6.45, 7) is 3.42. The Kier molecular flexibility index (Phi) is 4.77. The SMILES string of the molecule is O=C(CCCn1cnnn1)N1CCC(Cn2ccnc2)CC1. The van der Waals surface area contributed by atoms with Gasteiger partial charge in [-0.05, 0) is 35.6 Å². The summed E-state index contributed by atoms with van der Waals surface area (Å²) in [5.74, 6) is 0.883. The molecule has 0 aromatic carbocycles. The van der Waals surface area contributed by atoms with Crippen molar-refractivity contribution < 1.29 is 4.79 Å². The first-order valence-electron chi connectivity index (χ1n) is 7.75. The first-order valence-corrected chi connectivity index (χ1v) is 7.75. The molecule has 0 bridgehead atoms. The van der Waals surface area contributed by atoms with Gasteiger partial charge in [-0.1, -0.05) is 0 Å². The molecule has 1 amide bonds. The number of aromatic nitrogens is 6. The number of likely N-dealkylation sites (tertiary alicyclic amines) is 1. The lowest BCUT2D eigenvalue weighted by Gasteiger charge is -2.32. The van der Waals surface area contributed by atoms with Crippen molar-refractivity contribution in [1.29, 1.82) is 0 Å². The second kappa shape index (κ2) is 7.15. The Morgan fingerprint density at radius 2 is 2.09 bits per heavy atom. The highest BCUT2D eigenvalue weighted by Gasteiger charge is 2.22. The van der Waals surface area contributed by atoms with Gasteiger partial charge in [0, 0.05) is 45.0 Å². The maximum atomic E-state index is 12.2. The van der Waals surface area contributed by atoms with Gasteiger partial charge in [-0.3, -0.25) is 4.79 Å². The standard InChI is InChI=1S/C14H21N7O/c22-14(2-1-6-21-12-16-17-18-21)20-7-3-13(4-8-20)10-19-9-5-15-11-19/h5,9,11-13H,1-4,6-8,10H2. The topological polar surface area (TPSA) is 81.7 Å². The molecule has 1 aliphatic heterocycles. The Hall–Kier alpha value is -2.25. The fourth-order valence-electron chi connectivity index (χ4n) is 2.89. The molecule has 0 aliphatic carbocycles. The van der Waals surface area contributed by atoms with E-state index in [1.54, 1.807) is 11.0 Å². The molecule has 1 saturated heterocycles. The van der Waals surface area contributed by atoms with Gasteiger partial charge in [0.05, 0.1) is 6.33 Å². The lowest BCUT2D eigenvalue weighted by atomic mass is 9.96. The number of rotatable bonds is 6. The molecular weight excluding hydrogens is 282 g/mol. The zero-order chi connectivity index (χ0) is 15.2. The van der Waals surface area contributed by atoms with E-state index in [1.165, 1.54) is 0 Å². The molecule has 118 valence electrons. The maximum Gasteiger partial charge on any atom is 0.222 e. The van der Waals surface area contributed by atoms with Crippen LogP contribution in [0.5, 0.6) is 0 Å². The van der Waals surface area contributed by atoms with Crippen LogP contribution in [0.1, 0.15) is 25.7 Å².